The molecule has 0 fully saturated rings. The highest BCUT2D eigenvalue weighted by atomic mass is 19.4. The Labute approximate surface area is 223 Å². The van der Waals surface area contributed by atoms with E-state index in [0.717, 1.165) is 10.5 Å². The van der Waals surface area contributed by atoms with Crippen molar-refractivity contribution < 1.29 is 27.8 Å². The lowest BCUT2D eigenvalue weighted by molar-refractivity contribution is -0.140. The molecule has 1 N–H and O–H groups in total. The van der Waals surface area contributed by atoms with E-state index in [9.17, 15) is 18.3 Å². The van der Waals surface area contributed by atoms with E-state index in [0.29, 0.717) is 35.7 Å². The van der Waals surface area contributed by atoms with Crippen molar-refractivity contribution in [1.29, 1.82) is 0 Å². The first-order valence-electron chi connectivity index (χ1n) is 12.4. The molecule has 0 radical (unpaired) electrons. The van der Waals surface area contributed by atoms with Gasteiger partial charge in [0.15, 0.2) is 5.69 Å². The predicted molar refractivity (Wildman–Crippen MR) is 136 cm³/mol. The maximum Gasteiger partial charge on any atom is 0.435 e. The number of nitrogens with zero attached hydrogens (tertiary/aromatic N) is 6. The normalized spacial score (nSPS) is 16.9. The number of rotatable bonds is 6. The Morgan fingerprint density at radius 1 is 1.18 bits per heavy atom. The maximum atomic E-state index is 14.0. The molecule has 4 heterocycles. The van der Waals surface area contributed by atoms with E-state index in [2.05, 4.69) is 15.1 Å². The SMILES string of the molecule is COc1ccnc([C@H](C)N2CCOc3c(-c4cn(C)nc4C(F)(F)F)cc(Cn4ccnc4C)cc3C2O)c1. The summed E-state index contributed by atoms with van der Waals surface area (Å²) in [6.07, 6.45) is 0.546. The van der Waals surface area contributed by atoms with Gasteiger partial charge in [-0.2, -0.15) is 18.3 Å². The highest BCUT2D eigenvalue weighted by molar-refractivity contribution is 5.75. The Balaban J connectivity index is 1.65. The standard InChI is InChI=1S/C27H29F3N6O3/c1-16(23-13-19(38-4)5-6-32-23)36-9-10-39-24-20(22-15-34(3)33-25(22)27(28,29)30)11-18(12-21(24)26(36)37)14-35-8-7-31-17(35)2/h5-8,11-13,15-16,26,37H,9-10,14H2,1-4H3/t16-,26?/m0/s1. The second-order valence-corrected chi connectivity index (χ2v) is 9.48. The molecule has 1 aromatic carbocycles. The molecule has 39 heavy (non-hydrogen) atoms. The molecule has 2 atom stereocenters. The van der Waals surface area contributed by atoms with Crippen molar-refractivity contribution in [3.8, 4) is 22.6 Å². The van der Waals surface area contributed by atoms with Crippen LogP contribution in [0, 0.1) is 6.92 Å². The molecular weight excluding hydrogens is 513 g/mol. The lowest BCUT2D eigenvalue weighted by Gasteiger charge is -2.31. The highest BCUT2D eigenvalue weighted by Gasteiger charge is 2.39. The summed E-state index contributed by atoms with van der Waals surface area (Å²) in [6, 6.07) is 6.61. The van der Waals surface area contributed by atoms with E-state index in [1.54, 1.807) is 54.9 Å². The topological polar surface area (TPSA) is 90.5 Å². The Kier molecular flexibility index (Phi) is 7.08. The van der Waals surface area contributed by atoms with Gasteiger partial charge in [-0.05, 0) is 37.6 Å². The molecule has 0 spiro atoms. The van der Waals surface area contributed by atoms with Gasteiger partial charge in [0.05, 0.1) is 18.8 Å². The number of pyridine rings is 1. The van der Waals surface area contributed by atoms with Gasteiger partial charge in [0.25, 0.3) is 0 Å². The van der Waals surface area contributed by atoms with Crippen molar-refractivity contribution in [3.05, 3.63) is 77.4 Å². The molecule has 1 unspecified atom stereocenters. The zero-order chi connectivity index (χ0) is 27.9. The first kappa shape index (κ1) is 26.7. The van der Waals surface area contributed by atoms with Crippen LogP contribution >= 0.6 is 0 Å². The molecular formula is C27H29F3N6O3. The average molecular weight is 543 g/mol. The summed E-state index contributed by atoms with van der Waals surface area (Å²) in [5.74, 6) is 1.57. The lowest BCUT2D eigenvalue weighted by Crippen LogP contribution is -2.33. The van der Waals surface area contributed by atoms with E-state index in [-0.39, 0.29) is 29.5 Å². The molecule has 12 heteroatoms. The number of methoxy groups -OCH3 is 1. The van der Waals surface area contributed by atoms with Crippen molar-refractivity contribution in [2.75, 3.05) is 20.3 Å². The number of benzene rings is 1. The summed E-state index contributed by atoms with van der Waals surface area (Å²) in [5, 5.41) is 15.4. The molecule has 3 aromatic heterocycles. The van der Waals surface area contributed by atoms with Gasteiger partial charge in [-0.25, -0.2) is 4.98 Å². The van der Waals surface area contributed by atoms with Crippen molar-refractivity contribution in [3.63, 3.8) is 0 Å². The number of ether oxygens (including phenoxy) is 2. The molecule has 4 aromatic rings. The second kappa shape index (κ2) is 10.3. The van der Waals surface area contributed by atoms with Gasteiger partial charge in [-0.3, -0.25) is 14.6 Å². The van der Waals surface area contributed by atoms with Crippen molar-refractivity contribution in [2.45, 2.75) is 38.8 Å². The van der Waals surface area contributed by atoms with Gasteiger partial charge in [0, 0.05) is 67.7 Å². The summed E-state index contributed by atoms with van der Waals surface area (Å²) >= 11 is 0. The van der Waals surface area contributed by atoms with E-state index in [1.807, 2.05) is 18.4 Å². The Hall–Kier alpha value is -3.90. The Bertz CT molecular complexity index is 1480. The van der Waals surface area contributed by atoms with Gasteiger partial charge in [-0.1, -0.05) is 0 Å². The number of alkyl halides is 3. The number of aliphatic hydroxyl groups is 1. The lowest BCUT2D eigenvalue weighted by atomic mass is 9.96. The zero-order valence-corrected chi connectivity index (χ0v) is 22.0. The van der Waals surface area contributed by atoms with Crippen LogP contribution in [0.25, 0.3) is 11.1 Å². The van der Waals surface area contributed by atoms with Gasteiger partial charge in [-0.15, -0.1) is 0 Å². The van der Waals surface area contributed by atoms with Crippen LogP contribution in [0.4, 0.5) is 13.2 Å². The second-order valence-electron chi connectivity index (χ2n) is 9.48. The number of aryl methyl sites for hydroxylation is 2. The van der Waals surface area contributed by atoms with Gasteiger partial charge >= 0.3 is 6.18 Å². The molecule has 0 bridgehead atoms. The Morgan fingerprint density at radius 3 is 2.67 bits per heavy atom. The number of fused-ring (bicyclic) bond motifs is 1. The molecule has 1 aliphatic heterocycles. The van der Waals surface area contributed by atoms with Crippen LogP contribution in [0.2, 0.25) is 0 Å². The molecule has 206 valence electrons. The zero-order valence-electron chi connectivity index (χ0n) is 22.0. The summed E-state index contributed by atoms with van der Waals surface area (Å²) in [5.41, 5.74) is 0.801. The summed E-state index contributed by atoms with van der Waals surface area (Å²) in [7, 11) is 3.00. The third-order valence-electron chi connectivity index (χ3n) is 6.94. The molecule has 0 amide bonds. The fourth-order valence-corrected chi connectivity index (χ4v) is 4.93. The van der Waals surface area contributed by atoms with Gasteiger partial charge < -0.3 is 19.1 Å². The van der Waals surface area contributed by atoms with Gasteiger partial charge in [0.1, 0.15) is 30.2 Å². The largest absolute Gasteiger partial charge is 0.497 e. The monoisotopic (exact) mass is 542 g/mol. The number of imidazole rings is 1. The van der Waals surface area contributed by atoms with Crippen LogP contribution in [-0.2, 0) is 19.8 Å². The first-order valence-corrected chi connectivity index (χ1v) is 12.4. The Morgan fingerprint density at radius 2 is 1.97 bits per heavy atom. The number of halogens is 3. The summed E-state index contributed by atoms with van der Waals surface area (Å²) < 4.78 is 56.5. The van der Waals surface area contributed by atoms with E-state index in [4.69, 9.17) is 9.47 Å². The van der Waals surface area contributed by atoms with Crippen LogP contribution in [0.15, 0.2) is 49.1 Å². The molecule has 1 aliphatic rings. The minimum Gasteiger partial charge on any atom is -0.497 e. The minimum absolute atomic E-state index is 0.117. The van der Waals surface area contributed by atoms with E-state index < -0.39 is 18.1 Å². The fraction of sp³-hybridized carbons (Fsp3) is 0.370. The molecule has 0 aliphatic carbocycles. The summed E-state index contributed by atoms with van der Waals surface area (Å²) in [6.45, 7) is 4.54. The van der Waals surface area contributed by atoms with Crippen LogP contribution in [0.5, 0.6) is 11.5 Å². The van der Waals surface area contributed by atoms with Crippen LogP contribution in [0.1, 0.15) is 47.5 Å². The van der Waals surface area contributed by atoms with Gasteiger partial charge in [0.2, 0.25) is 0 Å². The number of aromatic nitrogens is 5. The summed E-state index contributed by atoms with van der Waals surface area (Å²) in [4.78, 5) is 10.5. The highest BCUT2D eigenvalue weighted by Crippen LogP contribution is 2.45. The number of hydrogen-bond acceptors (Lipinski definition) is 7. The molecule has 9 nitrogen and oxygen atoms in total. The third-order valence-corrected chi connectivity index (χ3v) is 6.94. The number of hydrogen-bond donors (Lipinski definition) is 1. The molecule has 0 saturated carbocycles. The van der Waals surface area contributed by atoms with Crippen LogP contribution in [0.3, 0.4) is 0 Å². The van der Waals surface area contributed by atoms with E-state index in [1.165, 1.54) is 13.2 Å². The number of aliphatic hydroxyl groups excluding tert-OH is 1. The van der Waals surface area contributed by atoms with Crippen LogP contribution < -0.4 is 9.47 Å². The smallest absolute Gasteiger partial charge is 0.435 e. The molecule has 5 rings (SSSR count). The average Bonchev–Trinajstić information content (AvgIpc) is 3.46. The third kappa shape index (κ3) is 5.21. The predicted octanol–water partition coefficient (Wildman–Crippen LogP) is 4.51. The van der Waals surface area contributed by atoms with Crippen LogP contribution in [-0.4, -0.2) is 54.6 Å². The molecule has 0 saturated heterocycles. The quantitative estimate of drug-likeness (QED) is 0.384. The van der Waals surface area contributed by atoms with Crippen molar-refractivity contribution in [1.82, 2.24) is 29.2 Å². The van der Waals surface area contributed by atoms with E-state index >= 15 is 0 Å². The van der Waals surface area contributed by atoms with Crippen molar-refractivity contribution >= 4 is 0 Å². The first-order chi connectivity index (χ1) is 18.6. The van der Waals surface area contributed by atoms with Crippen molar-refractivity contribution in [2.24, 2.45) is 7.05 Å². The minimum atomic E-state index is -4.68. The maximum absolute atomic E-state index is 14.0. The fourth-order valence-electron chi connectivity index (χ4n) is 4.93.